The zero-order chi connectivity index (χ0) is 15.1. The van der Waals surface area contributed by atoms with Crippen LogP contribution in [0.2, 0.25) is 0 Å². The SMILES string of the molecule is CCCOc1ccc(C(Cn2cccnc2=O)NC)cc1. The first-order chi connectivity index (χ1) is 10.2. The second kappa shape index (κ2) is 7.59. The minimum atomic E-state index is -0.236. The average molecular weight is 287 g/mol. The van der Waals surface area contributed by atoms with Crippen molar-refractivity contribution in [3.63, 3.8) is 0 Å². The summed E-state index contributed by atoms with van der Waals surface area (Å²) in [5, 5.41) is 3.23. The van der Waals surface area contributed by atoms with Gasteiger partial charge in [0.05, 0.1) is 12.6 Å². The molecule has 2 rings (SSSR count). The summed E-state index contributed by atoms with van der Waals surface area (Å²) in [6.45, 7) is 3.34. The molecule has 1 heterocycles. The van der Waals surface area contributed by atoms with E-state index in [1.165, 1.54) is 6.20 Å². The number of aromatic nitrogens is 2. The van der Waals surface area contributed by atoms with E-state index in [-0.39, 0.29) is 11.7 Å². The molecular formula is C16H21N3O2. The maximum absolute atomic E-state index is 11.7. The van der Waals surface area contributed by atoms with Crippen LogP contribution < -0.4 is 15.7 Å². The molecule has 0 aliphatic heterocycles. The summed E-state index contributed by atoms with van der Waals surface area (Å²) >= 11 is 0. The smallest absolute Gasteiger partial charge is 0.347 e. The number of likely N-dealkylation sites (N-methyl/N-ethyl adjacent to an activating group) is 1. The molecule has 0 spiro atoms. The van der Waals surface area contributed by atoms with Gasteiger partial charge < -0.3 is 10.1 Å². The molecule has 21 heavy (non-hydrogen) atoms. The van der Waals surface area contributed by atoms with Crippen molar-refractivity contribution in [3.8, 4) is 5.75 Å². The summed E-state index contributed by atoms with van der Waals surface area (Å²) in [6.07, 6.45) is 4.25. The van der Waals surface area contributed by atoms with Gasteiger partial charge in [-0.05, 0) is 37.2 Å². The average Bonchev–Trinajstić information content (AvgIpc) is 2.53. The van der Waals surface area contributed by atoms with Crippen molar-refractivity contribution in [3.05, 3.63) is 58.8 Å². The molecule has 0 aliphatic rings. The van der Waals surface area contributed by atoms with Gasteiger partial charge in [0.15, 0.2) is 0 Å². The first-order valence-corrected chi connectivity index (χ1v) is 7.16. The van der Waals surface area contributed by atoms with Crippen LogP contribution in [0, 0.1) is 0 Å². The van der Waals surface area contributed by atoms with Gasteiger partial charge in [-0.15, -0.1) is 0 Å². The molecule has 0 fully saturated rings. The third-order valence-electron chi connectivity index (χ3n) is 3.27. The second-order valence-corrected chi connectivity index (χ2v) is 4.81. The van der Waals surface area contributed by atoms with Gasteiger partial charge in [0.1, 0.15) is 5.75 Å². The lowest BCUT2D eigenvalue weighted by Gasteiger charge is -2.18. The summed E-state index contributed by atoms with van der Waals surface area (Å²) in [5.41, 5.74) is 0.873. The highest BCUT2D eigenvalue weighted by Crippen LogP contribution is 2.19. The van der Waals surface area contributed by atoms with E-state index in [1.54, 1.807) is 16.8 Å². The summed E-state index contributed by atoms with van der Waals surface area (Å²) in [4.78, 5) is 15.4. The highest BCUT2D eigenvalue weighted by Gasteiger charge is 2.11. The van der Waals surface area contributed by atoms with Crippen LogP contribution in [0.5, 0.6) is 5.75 Å². The zero-order valence-corrected chi connectivity index (χ0v) is 12.5. The quantitative estimate of drug-likeness (QED) is 0.846. The third-order valence-corrected chi connectivity index (χ3v) is 3.27. The molecule has 0 bridgehead atoms. The monoisotopic (exact) mass is 287 g/mol. The Bertz CT molecular complexity index is 607. The maximum Gasteiger partial charge on any atom is 0.347 e. The van der Waals surface area contributed by atoms with Gasteiger partial charge in [0.2, 0.25) is 0 Å². The summed E-state index contributed by atoms with van der Waals surface area (Å²) in [6, 6.07) is 9.77. The van der Waals surface area contributed by atoms with Crippen molar-refractivity contribution < 1.29 is 4.74 Å². The highest BCUT2D eigenvalue weighted by atomic mass is 16.5. The zero-order valence-electron chi connectivity index (χ0n) is 12.5. The molecule has 112 valence electrons. The highest BCUT2D eigenvalue weighted by molar-refractivity contribution is 5.29. The summed E-state index contributed by atoms with van der Waals surface area (Å²) in [7, 11) is 1.88. The van der Waals surface area contributed by atoms with Crippen LogP contribution >= 0.6 is 0 Å². The van der Waals surface area contributed by atoms with E-state index in [1.807, 2.05) is 31.3 Å². The molecule has 0 radical (unpaired) electrons. The number of hydrogen-bond donors (Lipinski definition) is 1. The van der Waals surface area contributed by atoms with Crippen molar-refractivity contribution in [1.29, 1.82) is 0 Å². The number of nitrogens with one attached hydrogen (secondary N) is 1. The van der Waals surface area contributed by atoms with Gasteiger partial charge >= 0.3 is 5.69 Å². The van der Waals surface area contributed by atoms with Gasteiger partial charge in [0, 0.05) is 18.9 Å². The molecule has 0 amide bonds. The van der Waals surface area contributed by atoms with Crippen LogP contribution in [0.15, 0.2) is 47.5 Å². The molecule has 0 saturated carbocycles. The predicted octanol–water partition coefficient (Wildman–Crippen LogP) is 1.99. The maximum atomic E-state index is 11.7. The summed E-state index contributed by atoms with van der Waals surface area (Å²) in [5.74, 6) is 0.869. The Morgan fingerprint density at radius 2 is 2.10 bits per heavy atom. The molecule has 1 atom stereocenters. The van der Waals surface area contributed by atoms with Crippen molar-refractivity contribution in [2.75, 3.05) is 13.7 Å². The van der Waals surface area contributed by atoms with E-state index in [4.69, 9.17) is 4.74 Å². The normalized spacial score (nSPS) is 12.1. The molecule has 1 aromatic heterocycles. The number of benzene rings is 1. The largest absolute Gasteiger partial charge is 0.494 e. The molecular weight excluding hydrogens is 266 g/mol. The lowest BCUT2D eigenvalue weighted by Crippen LogP contribution is -2.29. The Morgan fingerprint density at radius 3 is 2.71 bits per heavy atom. The molecule has 0 saturated heterocycles. The van der Waals surface area contributed by atoms with Gasteiger partial charge in [0.25, 0.3) is 0 Å². The lowest BCUT2D eigenvalue weighted by atomic mass is 10.1. The molecule has 1 N–H and O–H groups in total. The van der Waals surface area contributed by atoms with E-state index >= 15 is 0 Å². The van der Waals surface area contributed by atoms with Gasteiger partial charge in [-0.1, -0.05) is 19.1 Å². The minimum Gasteiger partial charge on any atom is -0.494 e. The number of hydrogen-bond acceptors (Lipinski definition) is 4. The topological polar surface area (TPSA) is 56.2 Å². The predicted molar refractivity (Wildman–Crippen MR) is 82.5 cm³/mol. The third kappa shape index (κ3) is 4.16. The Labute approximate surface area is 124 Å². The Kier molecular flexibility index (Phi) is 5.51. The van der Waals surface area contributed by atoms with Crippen molar-refractivity contribution in [2.24, 2.45) is 0 Å². The fraction of sp³-hybridized carbons (Fsp3) is 0.375. The number of rotatable bonds is 7. The fourth-order valence-corrected chi connectivity index (χ4v) is 2.10. The minimum absolute atomic E-state index is 0.0483. The van der Waals surface area contributed by atoms with Crippen molar-refractivity contribution in [2.45, 2.75) is 25.9 Å². The summed E-state index contributed by atoms with van der Waals surface area (Å²) < 4.78 is 7.18. The van der Waals surface area contributed by atoms with Crippen LogP contribution in [0.1, 0.15) is 24.9 Å². The van der Waals surface area contributed by atoms with E-state index in [0.717, 1.165) is 24.3 Å². The molecule has 0 aliphatic carbocycles. The molecule has 5 nitrogen and oxygen atoms in total. The van der Waals surface area contributed by atoms with Crippen molar-refractivity contribution in [1.82, 2.24) is 14.9 Å². The van der Waals surface area contributed by atoms with Gasteiger partial charge in [-0.2, -0.15) is 0 Å². The van der Waals surface area contributed by atoms with E-state index in [9.17, 15) is 4.79 Å². The van der Waals surface area contributed by atoms with E-state index in [2.05, 4.69) is 17.2 Å². The van der Waals surface area contributed by atoms with Crippen LogP contribution in [0.4, 0.5) is 0 Å². The van der Waals surface area contributed by atoms with E-state index in [0.29, 0.717) is 6.54 Å². The first kappa shape index (κ1) is 15.3. The number of ether oxygens (including phenoxy) is 1. The Balaban J connectivity index is 2.10. The standard InChI is InChI=1S/C16H21N3O2/c1-3-11-21-14-7-5-13(6-8-14)15(17-2)12-19-10-4-9-18-16(19)20/h4-10,15,17H,3,11-12H2,1-2H3. The van der Waals surface area contributed by atoms with Gasteiger partial charge in [-0.3, -0.25) is 4.57 Å². The Morgan fingerprint density at radius 1 is 1.33 bits per heavy atom. The van der Waals surface area contributed by atoms with Gasteiger partial charge in [-0.25, -0.2) is 9.78 Å². The van der Waals surface area contributed by atoms with E-state index < -0.39 is 0 Å². The van der Waals surface area contributed by atoms with Crippen LogP contribution in [0.3, 0.4) is 0 Å². The number of nitrogens with zero attached hydrogens (tertiary/aromatic N) is 2. The Hall–Kier alpha value is -2.14. The van der Waals surface area contributed by atoms with Crippen LogP contribution in [0.25, 0.3) is 0 Å². The van der Waals surface area contributed by atoms with Crippen molar-refractivity contribution >= 4 is 0 Å². The second-order valence-electron chi connectivity index (χ2n) is 4.81. The first-order valence-electron chi connectivity index (χ1n) is 7.16. The molecule has 1 unspecified atom stereocenters. The molecule has 2 aromatic rings. The lowest BCUT2D eigenvalue weighted by molar-refractivity contribution is 0.317. The van der Waals surface area contributed by atoms with Crippen LogP contribution in [-0.4, -0.2) is 23.2 Å². The van der Waals surface area contributed by atoms with Crippen LogP contribution in [-0.2, 0) is 6.54 Å². The molecule has 1 aromatic carbocycles. The fourth-order valence-electron chi connectivity index (χ4n) is 2.10. The molecule has 5 heteroatoms.